The number of hydrogen-bond acceptors (Lipinski definition) is 2. The molecule has 0 saturated carbocycles. The van der Waals surface area contributed by atoms with Crippen LogP contribution in [0.15, 0.2) is 42.5 Å². The quantitative estimate of drug-likeness (QED) is 0.755. The first-order chi connectivity index (χ1) is 11.8. The van der Waals surface area contributed by atoms with E-state index in [0.717, 1.165) is 42.9 Å². The summed E-state index contributed by atoms with van der Waals surface area (Å²) in [5.74, 6) is 0. The van der Waals surface area contributed by atoms with Gasteiger partial charge in [-0.25, -0.2) is 0 Å². The lowest BCUT2D eigenvalue weighted by Crippen LogP contribution is -2.32. The number of hydrogen-bond donors (Lipinski definition) is 1. The number of anilines is 1. The average molecular weight is 389 g/mol. The van der Waals surface area contributed by atoms with E-state index in [4.69, 9.17) is 23.2 Å². The fourth-order valence-corrected chi connectivity index (χ4v) is 3.42. The van der Waals surface area contributed by atoms with Crippen LogP contribution in [0.4, 0.5) is 18.9 Å². The van der Waals surface area contributed by atoms with Crippen LogP contribution in [-0.2, 0) is 12.7 Å². The van der Waals surface area contributed by atoms with Gasteiger partial charge in [0.05, 0.1) is 5.56 Å². The summed E-state index contributed by atoms with van der Waals surface area (Å²) in [6.07, 6.45) is -3.38. The van der Waals surface area contributed by atoms with Crippen LogP contribution < -0.4 is 10.2 Å². The second-order valence-corrected chi connectivity index (χ2v) is 6.94. The van der Waals surface area contributed by atoms with Gasteiger partial charge in [-0.3, -0.25) is 0 Å². The average Bonchev–Trinajstić information content (AvgIpc) is 3.02. The van der Waals surface area contributed by atoms with Gasteiger partial charge in [0.25, 0.3) is 0 Å². The van der Waals surface area contributed by atoms with E-state index in [-0.39, 0.29) is 6.04 Å². The van der Waals surface area contributed by atoms with Crippen LogP contribution in [0.25, 0.3) is 0 Å². The van der Waals surface area contributed by atoms with Gasteiger partial charge < -0.3 is 10.2 Å². The van der Waals surface area contributed by atoms with Gasteiger partial charge in [-0.15, -0.1) is 0 Å². The van der Waals surface area contributed by atoms with Crippen LogP contribution in [0.2, 0.25) is 10.0 Å². The molecule has 0 spiro atoms. The van der Waals surface area contributed by atoms with Crippen LogP contribution >= 0.6 is 23.2 Å². The van der Waals surface area contributed by atoms with E-state index < -0.39 is 11.7 Å². The lowest BCUT2D eigenvalue weighted by atomic mass is 10.2. The zero-order valence-corrected chi connectivity index (χ0v) is 14.8. The molecule has 1 N–H and O–H groups in total. The van der Waals surface area contributed by atoms with E-state index >= 15 is 0 Å². The van der Waals surface area contributed by atoms with Crippen LogP contribution in [0.1, 0.15) is 17.5 Å². The minimum absolute atomic E-state index is 0.258. The van der Waals surface area contributed by atoms with E-state index in [1.165, 1.54) is 12.1 Å². The number of halogens is 5. The normalized spacial score (nSPS) is 18.0. The van der Waals surface area contributed by atoms with Crippen molar-refractivity contribution >= 4 is 28.9 Å². The molecule has 2 nitrogen and oxygen atoms in total. The van der Waals surface area contributed by atoms with Crippen molar-refractivity contribution in [2.24, 2.45) is 0 Å². The van der Waals surface area contributed by atoms with E-state index in [0.29, 0.717) is 16.6 Å². The first-order valence-corrected chi connectivity index (χ1v) is 8.68. The standard InChI is InChI=1S/C18H17Cl2F3N2/c19-14-4-1-12(17(20)9-14)10-24-15-7-8-25(11-15)16-5-2-13(3-6-16)18(21,22)23/h1-6,9,15,24H,7-8,10-11H2/t15-/m0/s1. The SMILES string of the molecule is FC(F)(F)c1ccc(N2CC[C@H](NCc3ccc(Cl)cc3Cl)C2)cc1. The Kier molecular flexibility index (Phi) is 5.46. The zero-order valence-electron chi connectivity index (χ0n) is 13.3. The fourth-order valence-electron chi connectivity index (χ4n) is 2.94. The van der Waals surface area contributed by atoms with Gasteiger partial charge in [-0.1, -0.05) is 29.3 Å². The molecule has 0 amide bonds. The Morgan fingerprint density at radius 3 is 2.44 bits per heavy atom. The van der Waals surface area contributed by atoms with Crippen LogP contribution in [0, 0.1) is 0 Å². The van der Waals surface area contributed by atoms with Crippen molar-refractivity contribution in [3.63, 3.8) is 0 Å². The molecule has 2 aromatic rings. The monoisotopic (exact) mass is 388 g/mol. The van der Waals surface area contributed by atoms with Gasteiger partial charge >= 0.3 is 6.18 Å². The lowest BCUT2D eigenvalue weighted by Gasteiger charge is -2.20. The Morgan fingerprint density at radius 2 is 1.80 bits per heavy atom. The Labute approximate surface area is 154 Å². The van der Waals surface area contributed by atoms with Gasteiger partial charge in [-0.2, -0.15) is 13.2 Å². The topological polar surface area (TPSA) is 15.3 Å². The number of nitrogens with one attached hydrogen (secondary N) is 1. The molecule has 134 valence electrons. The van der Waals surface area contributed by atoms with Gasteiger partial charge in [-0.05, 0) is 48.4 Å². The molecule has 25 heavy (non-hydrogen) atoms. The van der Waals surface area contributed by atoms with Gasteiger partial charge in [0, 0.05) is 41.4 Å². The van der Waals surface area contributed by atoms with Gasteiger partial charge in [0.1, 0.15) is 0 Å². The summed E-state index contributed by atoms with van der Waals surface area (Å²) in [4.78, 5) is 2.08. The fraction of sp³-hybridized carbons (Fsp3) is 0.333. The summed E-state index contributed by atoms with van der Waals surface area (Å²) >= 11 is 12.1. The molecule has 0 aliphatic carbocycles. The highest BCUT2D eigenvalue weighted by molar-refractivity contribution is 6.35. The molecule has 2 aromatic carbocycles. The van der Waals surface area contributed by atoms with Crippen molar-refractivity contribution in [1.29, 1.82) is 0 Å². The van der Waals surface area contributed by atoms with Crippen molar-refractivity contribution in [2.45, 2.75) is 25.2 Å². The Bertz CT molecular complexity index is 732. The third kappa shape index (κ3) is 4.60. The maximum atomic E-state index is 12.6. The molecule has 1 fully saturated rings. The molecule has 1 saturated heterocycles. The molecule has 0 radical (unpaired) electrons. The predicted octanol–water partition coefficient (Wildman–Crippen LogP) is 5.38. The summed E-state index contributed by atoms with van der Waals surface area (Å²) in [6.45, 7) is 2.18. The Hall–Kier alpha value is -1.43. The lowest BCUT2D eigenvalue weighted by molar-refractivity contribution is -0.137. The molecule has 1 heterocycles. The number of nitrogens with zero attached hydrogens (tertiary/aromatic N) is 1. The molecule has 7 heteroatoms. The molecular weight excluding hydrogens is 372 g/mol. The predicted molar refractivity (Wildman–Crippen MR) is 95.4 cm³/mol. The maximum absolute atomic E-state index is 12.6. The molecule has 1 aliphatic rings. The number of alkyl halides is 3. The van der Waals surface area contributed by atoms with Gasteiger partial charge in [0.2, 0.25) is 0 Å². The minimum atomic E-state index is -4.30. The van der Waals surface area contributed by atoms with Crippen molar-refractivity contribution in [2.75, 3.05) is 18.0 Å². The smallest absolute Gasteiger partial charge is 0.370 e. The zero-order chi connectivity index (χ0) is 18.0. The van der Waals surface area contributed by atoms with Crippen LogP contribution in [-0.4, -0.2) is 19.1 Å². The third-order valence-corrected chi connectivity index (χ3v) is 4.93. The third-order valence-electron chi connectivity index (χ3n) is 4.34. The Morgan fingerprint density at radius 1 is 1.08 bits per heavy atom. The summed E-state index contributed by atoms with van der Waals surface area (Å²) in [7, 11) is 0. The van der Waals surface area contributed by atoms with E-state index in [9.17, 15) is 13.2 Å². The van der Waals surface area contributed by atoms with Crippen molar-refractivity contribution in [3.8, 4) is 0 Å². The molecular formula is C18H17Cl2F3N2. The molecule has 0 aromatic heterocycles. The summed E-state index contributed by atoms with van der Waals surface area (Å²) in [5.41, 5.74) is 1.16. The summed E-state index contributed by atoms with van der Waals surface area (Å²) < 4.78 is 37.9. The molecule has 0 unspecified atom stereocenters. The highest BCUT2D eigenvalue weighted by atomic mass is 35.5. The first-order valence-electron chi connectivity index (χ1n) is 7.92. The van der Waals surface area contributed by atoms with E-state index in [1.54, 1.807) is 12.1 Å². The van der Waals surface area contributed by atoms with Crippen LogP contribution in [0.5, 0.6) is 0 Å². The van der Waals surface area contributed by atoms with Crippen molar-refractivity contribution < 1.29 is 13.2 Å². The Balaban J connectivity index is 1.56. The minimum Gasteiger partial charge on any atom is -0.370 e. The number of rotatable bonds is 4. The van der Waals surface area contributed by atoms with Crippen molar-refractivity contribution in [3.05, 3.63) is 63.6 Å². The highest BCUT2D eigenvalue weighted by Gasteiger charge is 2.30. The molecule has 0 bridgehead atoms. The second-order valence-electron chi connectivity index (χ2n) is 6.09. The summed E-state index contributed by atoms with van der Waals surface area (Å²) in [5, 5.41) is 4.67. The number of benzene rings is 2. The van der Waals surface area contributed by atoms with Crippen LogP contribution in [0.3, 0.4) is 0 Å². The molecule has 1 atom stereocenters. The van der Waals surface area contributed by atoms with E-state index in [1.807, 2.05) is 6.07 Å². The molecule has 1 aliphatic heterocycles. The van der Waals surface area contributed by atoms with E-state index in [2.05, 4.69) is 10.2 Å². The van der Waals surface area contributed by atoms with Gasteiger partial charge in [0.15, 0.2) is 0 Å². The largest absolute Gasteiger partial charge is 0.416 e. The highest BCUT2D eigenvalue weighted by Crippen LogP contribution is 2.31. The maximum Gasteiger partial charge on any atom is 0.416 e. The molecule has 3 rings (SSSR count). The summed E-state index contributed by atoms with van der Waals surface area (Å²) in [6, 6.07) is 11.0. The van der Waals surface area contributed by atoms with Crippen molar-refractivity contribution in [1.82, 2.24) is 5.32 Å². The first kappa shape index (κ1) is 18.4. The second kappa shape index (κ2) is 7.44.